The Morgan fingerprint density at radius 1 is 0.882 bits per heavy atom. The summed E-state index contributed by atoms with van der Waals surface area (Å²) in [5, 5.41) is 2.82. The van der Waals surface area contributed by atoms with Crippen LogP contribution in [0.15, 0.2) is 78.9 Å². The SMILES string of the molecule is CCN(C(=O)Cc1ccc(NC(=O)c2cccc(N3C(=O)CCC3=O)c2)cc1)c1ccccc1. The molecule has 0 unspecified atom stereocenters. The van der Waals surface area contributed by atoms with Crippen LogP contribution in [-0.4, -0.2) is 30.2 Å². The van der Waals surface area contributed by atoms with Crippen molar-refractivity contribution in [2.45, 2.75) is 26.2 Å². The van der Waals surface area contributed by atoms with Gasteiger partial charge in [0.2, 0.25) is 17.7 Å². The van der Waals surface area contributed by atoms with Crippen LogP contribution in [0.3, 0.4) is 0 Å². The molecule has 0 atom stereocenters. The fraction of sp³-hybridized carbons (Fsp3) is 0.185. The highest BCUT2D eigenvalue weighted by atomic mass is 16.2. The number of nitrogens with one attached hydrogen (secondary N) is 1. The average molecular weight is 456 g/mol. The molecule has 34 heavy (non-hydrogen) atoms. The number of para-hydroxylation sites is 1. The van der Waals surface area contributed by atoms with E-state index in [0.29, 0.717) is 23.5 Å². The van der Waals surface area contributed by atoms with Crippen LogP contribution < -0.4 is 15.1 Å². The molecule has 3 aromatic rings. The van der Waals surface area contributed by atoms with Gasteiger partial charge in [0.1, 0.15) is 0 Å². The van der Waals surface area contributed by atoms with E-state index in [-0.39, 0.29) is 42.9 Å². The Hall–Kier alpha value is -4.26. The van der Waals surface area contributed by atoms with E-state index in [2.05, 4.69) is 5.32 Å². The zero-order chi connectivity index (χ0) is 24.1. The molecule has 172 valence electrons. The average Bonchev–Trinajstić information content (AvgIpc) is 3.19. The van der Waals surface area contributed by atoms with Crippen molar-refractivity contribution in [2.24, 2.45) is 0 Å². The predicted octanol–water partition coefficient (Wildman–Crippen LogP) is 4.19. The van der Waals surface area contributed by atoms with Crippen LogP contribution in [0.4, 0.5) is 17.1 Å². The highest BCUT2D eigenvalue weighted by molar-refractivity contribution is 6.20. The third-order valence-corrected chi connectivity index (χ3v) is 5.67. The lowest BCUT2D eigenvalue weighted by Crippen LogP contribution is -2.31. The van der Waals surface area contributed by atoms with Crippen LogP contribution in [-0.2, 0) is 20.8 Å². The second-order valence-corrected chi connectivity index (χ2v) is 7.97. The number of carbonyl (C=O) groups is 4. The van der Waals surface area contributed by atoms with Gasteiger partial charge in [-0.25, -0.2) is 0 Å². The minimum absolute atomic E-state index is 0.00620. The first-order valence-corrected chi connectivity index (χ1v) is 11.2. The molecule has 7 heteroatoms. The first kappa shape index (κ1) is 22.9. The standard InChI is InChI=1S/C27H25N3O4/c1-2-29(22-8-4-3-5-9-22)26(33)17-19-11-13-21(14-12-19)28-27(34)20-7-6-10-23(18-20)30-24(31)15-16-25(30)32/h3-14,18H,2,15-17H2,1H3,(H,28,34). The normalized spacial score (nSPS) is 13.1. The summed E-state index contributed by atoms with van der Waals surface area (Å²) in [6.07, 6.45) is 0.619. The summed E-state index contributed by atoms with van der Waals surface area (Å²) in [6.45, 7) is 2.51. The van der Waals surface area contributed by atoms with Crippen molar-refractivity contribution in [1.29, 1.82) is 0 Å². The van der Waals surface area contributed by atoms with E-state index in [1.165, 1.54) is 6.07 Å². The summed E-state index contributed by atoms with van der Waals surface area (Å²) < 4.78 is 0. The van der Waals surface area contributed by atoms with Crippen molar-refractivity contribution < 1.29 is 19.2 Å². The van der Waals surface area contributed by atoms with Gasteiger partial charge in [-0.1, -0.05) is 36.4 Å². The molecule has 0 spiro atoms. The van der Waals surface area contributed by atoms with E-state index < -0.39 is 0 Å². The predicted molar refractivity (Wildman–Crippen MR) is 131 cm³/mol. The maximum Gasteiger partial charge on any atom is 0.255 e. The van der Waals surface area contributed by atoms with Crippen LogP contribution in [0.5, 0.6) is 0 Å². The van der Waals surface area contributed by atoms with Gasteiger partial charge in [-0.15, -0.1) is 0 Å². The van der Waals surface area contributed by atoms with Crippen molar-refractivity contribution in [2.75, 3.05) is 21.7 Å². The highest BCUT2D eigenvalue weighted by Crippen LogP contribution is 2.24. The molecule has 1 saturated heterocycles. The van der Waals surface area contributed by atoms with Crippen LogP contribution >= 0.6 is 0 Å². The molecular weight excluding hydrogens is 430 g/mol. The number of amides is 4. The largest absolute Gasteiger partial charge is 0.322 e. The Kier molecular flexibility index (Phi) is 6.82. The summed E-state index contributed by atoms with van der Waals surface area (Å²) in [7, 11) is 0. The van der Waals surface area contributed by atoms with E-state index >= 15 is 0 Å². The monoisotopic (exact) mass is 455 g/mol. The van der Waals surface area contributed by atoms with Crippen molar-refractivity contribution in [3.8, 4) is 0 Å². The van der Waals surface area contributed by atoms with Crippen molar-refractivity contribution >= 4 is 40.7 Å². The summed E-state index contributed by atoms with van der Waals surface area (Å²) in [5.41, 5.74) is 3.01. The lowest BCUT2D eigenvalue weighted by atomic mass is 10.1. The number of carbonyl (C=O) groups excluding carboxylic acids is 4. The van der Waals surface area contributed by atoms with E-state index in [4.69, 9.17) is 0 Å². The van der Waals surface area contributed by atoms with Gasteiger partial charge in [-0.3, -0.25) is 24.1 Å². The molecule has 0 saturated carbocycles. The molecule has 0 aromatic heterocycles. The Morgan fingerprint density at radius 3 is 2.21 bits per heavy atom. The lowest BCUT2D eigenvalue weighted by Gasteiger charge is -2.21. The summed E-state index contributed by atoms with van der Waals surface area (Å²) in [4.78, 5) is 52.3. The Morgan fingerprint density at radius 2 is 1.56 bits per heavy atom. The molecule has 4 rings (SSSR count). The van der Waals surface area contributed by atoms with Crippen LogP contribution in [0.1, 0.15) is 35.7 Å². The van der Waals surface area contributed by atoms with Gasteiger partial charge in [-0.2, -0.15) is 0 Å². The number of hydrogen-bond acceptors (Lipinski definition) is 4. The van der Waals surface area contributed by atoms with Crippen LogP contribution in [0.2, 0.25) is 0 Å². The molecule has 0 radical (unpaired) electrons. The number of benzene rings is 3. The molecule has 1 fully saturated rings. The molecular formula is C27H25N3O4. The number of likely N-dealkylation sites (N-methyl/N-ethyl adjacent to an activating group) is 1. The van der Waals surface area contributed by atoms with Gasteiger partial charge in [-0.05, 0) is 55.0 Å². The molecule has 0 aliphatic carbocycles. The minimum atomic E-state index is -0.356. The fourth-order valence-electron chi connectivity index (χ4n) is 3.94. The Balaban J connectivity index is 1.40. The Bertz CT molecular complexity index is 1210. The second-order valence-electron chi connectivity index (χ2n) is 7.97. The molecule has 7 nitrogen and oxygen atoms in total. The van der Waals surface area contributed by atoms with Gasteiger partial charge < -0.3 is 10.2 Å². The molecule has 4 amide bonds. The summed E-state index contributed by atoms with van der Waals surface area (Å²) >= 11 is 0. The minimum Gasteiger partial charge on any atom is -0.322 e. The molecule has 1 N–H and O–H groups in total. The third kappa shape index (κ3) is 5.04. The molecule has 1 aliphatic heterocycles. The van der Waals surface area contributed by atoms with E-state index in [1.807, 2.05) is 49.4 Å². The molecule has 1 aliphatic rings. The van der Waals surface area contributed by atoms with Crippen molar-refractivity contribution in [1.82, 2.24) is 0 Å². The number of imide groups is 1. The number of anilines is 3. The van der Waals surface area contributed by atoms with E-state index in [1.54, 1.807) is 35.2 Å². The van der Waals surface area contributed by atoms with E-state index in [9.17, 15) is 19.2 Å². The summed E-state index contributed by atoms with van der Waals surface area (Å²) in [6, 6.07) is 23.1. The molecule has 1 heterocycles. The van der Waals surface area contributed by atoms with Gasteiger partial charge >= 0.3 is 0 Å². The van der Waals surface area contributed by atoms with Crippen molar-refractivity contribution in [3.05, 3.63) is 90.0 Å². The van der Waals surface area contributed by atoms with Gasteiger partial charge in [0.25, 0.3) is 5.91 Å². The van der Waals surface area contributed by atoms with Crippen LogP contribution in [0, 0.1) is 0 Å². The smallest absolute Gasteiger partial charge is 0.255 e. The maximum atomic E-state index is 12.8. The second kappa shape index (κ2) is 10.1. The lowest BCUT2D eigenvalue weighted by molar-refractivity contribution is -0.121. The number of hydrogen-bond donors (Lipinski definition) is 1. The summed E-state index contributed by atoms with van der Waals surface area (Å²) in [5.74, 6) is -0.887. The first-order valence-electron chi connectivity index (χ1n) is 11.2. The highest BCUT2D eigenvalue weighted by Gasteiger charge is 2.30. The molecule has 0 bridgehead atoms. The molecule has 3 aromatic carbocycles. The van der Waals surface area contributed by atoms with Crippen molar-refractivity contribution in [3.63, 3.8) is 0 Å². The number of rotatable bonds is 7. The van der Waals surface area contributed by atoms with Crippen LogP contribution in [0.25, 0.3) is 0 Å². The van der Waals surface area contributed by atoms with Gasteiger partial charge in [0, 0.05) is 36.3 Å². The Labute approximate surface area is 198 Å². The maximum absolute atomic E-state index is 12.8. The zero-order valence-electron chi connectivity index (χ0n) is 18.9. The zero-order valence-corrected chi connectivity index (χ0v) is 18.9. The van der Waals surface area contributed by atoms with Gasteiger partial charge in [0.05, 0.1) is 12.1 Å². The first-order chi connectivity index (χ1) is 16.5. The topological polar surface area (TPSA) is 86.8 Å². The van der Waals surface area contributed by atoms with E-state index in [0.717, 1.165) is 16.2 Å². The third-order valence-electron chi connectivity index (χ3n) is 5.67. The van der Waals surface area contributed by atoms with Gasteiger partial charge in [0.15, 0.2) is 0 Å². The quantitative estimate of drug-likeness (QED) is 0.542. The fourth-order valence-corrected chi connectivity index (χ4v) is 3.94. The number of nitrogens with zero attached hydrogens (tertiary/aromatic N) is 2.